The highest BCUT2D eigenvalue weighted by molar-refractivity contribution is 5.77. The number of aliphatic hydroxyl groups is 2. The lowest BCUT2D eigenvalue weighted by atomic mass is 9.74. The van der Waals surface area contributed by atoms with Gasteiger partial charge in [-0.1, -0.05) is 12.5 Å². The smallest absolute Gasteiger partial charge is 0.312 e. The molecule has 11 heteroatoms. The van der Waals surface area contributed by atoms with E-state index in [1.807, 2.05) is 18.2 Å². The second kappa shape index (κ2) is 12.4. The number of piperidine rings is 1. The van der Waals surface area contributed by atoms with Crippen molar-refractivity contribution in [2.75, 3.05) is 32.8 Å². The molecule has 196 valence electrons. The number of esters is 1. The number of cyclic esters (lactones) is 1. The van der Waals surface area contributed by atoms with Crippen LogP contribution in [0.4, 0.5) is 0 Å². The van der Waals surface area contributed by atoms with Crippen molar-refractivity contribution in [3.8, 4) is 0 Å². The molecule has 1 spiro atoms. The molecule has 2 aliphatic rings. The first-order chi connectivity index (χ1) is 17.4. The Morgan fingerprint density at radius 3 is 2.64 bits per heavy atom. The van der Waals surface area contributed by atoms with E-state index in [-0.39, 0.29) is 31.4 Å². The van der Waals surface area contributed by atoms with E-state index in [0.717, 1.165) is 38.2 Å². The molecule has 0 radical (unpaired) electrons. The third-order valence-corrected chi connectivity index (χ3v) is 7.33. The second-order valence-corrected chi connectivity index (χ2v) is 9.83. The Morgan fingerprint density at radius 2 is 1.92 bits per heavy atom. The summed E-state index contributed by atoms with van der Waals surface area (Å²) in [4.78, 5) is 38.4. The van der Waals surface area contributed by atoms with Crippen molar-refractivity contribution >= 4 is 11.9 Å². The lowest BCUT2D eigenvalue weighted by Gasteiger charge is -2.40. The molecule has 36 heavy (non-hydrogen) atoms. The maximum absolute atomic E-state index is 13.2. The van der Waals surface area contributed by atoms with Gasteiger partial charge in [0.1, 0.15) is 31.9 Å². The molecule has 4 heterocycles. The monoisotopic (exact) mass is 500 g/mol. The Labute approximate surface area is 211 Å². The summed E-state index contributed by atoms with van der Waals surface area (Å²) >= 11 is 0. The largest absolute Gasteiger partial charge is 0.462 e. The highest BCUT2D eigenvalue weighted by atomic mass is 16.5. The predicted molar refractivity (Wildman–Crippen MR) is 129 cm³/mol. The zero-order valence-corrected chi connectivity index (χ0v) is 20.6. The van der Waals surface area contributed by atoms with Crippen molar-refractivity contribution < 1.29 is 24.5 Å². The summed E-state index contributed by atoms with van der Waals surface area (Å²) in [7, 11) is 0. The molecular weight excluding hydrogens is 464 g/mol. The van der Waals surface area contributed by atoms with Crippen molar-refractivity contribution in [3.63, 3.8) is 0 Å². The standard InChI is InChI=1S/C25H36N6O5/c32-21-6-12-30(23(34)16-31-19-26-18-28-31)11-4-2-7-25(24(35)36-17-22(21)33)8-13-29(14-9-25)15-20-5-1-3-10-27-20/h1,3,5,10,18-19,21-22,32-33H,2,4,6-9,11-17H2/t21-,22+/m0/s1. The number of aromatic nitrogens is 4. The normalized spacial score (nSPS) is 24.4. The average Bonchev–Trinajstić information content (AvgIpc) is 3.40. The topological polar surface area (TPSA) is 134 Å². The summed E-state index contributed by atoms with van der Waals surface area (Å²) in [6.07, 6.45) is 6.02. The minimum atomic E-state index is -1.21. The van der Waals surface area contributed by atoms with E-state index < -0.39 is 17.6 Å². The quantitative estimate of drug-likeness (QED) is 0.580. The Morgan fingerprint density at radius 1 is 1.08 bits per heavy atom. The molecule has 0 unspecified atom stereocenters. The molecule has 11 nitrogen and oxygen atoms in total. The minimum absolute atomic E-state index is 0.0658. The third-order valence-electron chi connectivity index (χ3n) is 7.33. The van der Waals surface area contributed by atoms with E-state index in [9.17, 15) is 19.8 Å². The number of pyridine rings is 1. The van der Waals surface area contributed by atoms with Gasteiger partial charge in [0, 0.05) is 25.8 Å². The zero-order chi connectivity index (χ0) is 25.4. The number of ether oxygens (including phenoxy) is 1. The van der Waals surface area contributed by atoms with Crippen LogP contribution < -0.4 is 0 Å². The molecule has 2 saturated heterocycles. The predicted octanol–water partition coefficient (Wildman–Crippen LogP) is 0.623. The van der Waals surface area contributed by atoms with Crippen LogP contribution in [-0.2, 0) is 27.4 Å². The minimum Gasteiger partial charge on any atom is -0.462 e. The summed E-state index contributed by atoms with van der Waals surface area (Å²) < 4.78 is 7.02. The number of rotatable bonds is 4. The van der Waals surface area contributed by atoms with Gasteiger partial charge in [-0.15, -0.1) is 0 Å². The van der Waals surface area contributed by atoms with Crippen molar-refractivity contribution in [1.82, 2.24) is 29.5 Å². The number of carbonyl (C=O) groups is 2. The van der Waals surface area contributed by atoms with Gasteiger partial charge in [0.15, 0.2) is 0 Å². The number of nitrogens with zero attached hydrogens (tertiary/aromatic N) is 6. The van der Waals surface area contributed by atoms with Crippen LogP contribution >= 0.6 is 0 Å². The van der Waals surface area contributed by atoms with Gasteiger partial charge in [0.2, 0.25) is 5.91 Å². The second-order valence-electron chi connectivity index (χ2n) is 9.83. The van der Waals surface area contributed by atoms with E-state index >= 15 is 0 Å². The Kier molecular flexibility index (Phi) is 9.00. The molecule has 0 bridgehead atoms. The van der Waals surface area contributed by atoms with Crippen molar-refractivity contribution in [1.29, 1.82) is 0 Å². The highest BCUT2D eigenvalue weighted by Crippen LogP contribution is 2.38. The summed E-state index contributed by atoms with van der Waals surface area (Å²) in [6, 6.07) is 5.87. The molecule has 2 aromatic heterocycles. The highest BCUT2D eigenvalue weighted by Gasteiger charge is 2.42. The van der Waals surface area contributed by atoms with Crippen molar-refractivity contribution in [3.05, 3.63) is 42.7 Å². The number of amides is 1. The van der Waals surface area contributed by atoms with Crippen LogP contribution in [0.5, 0.6) is 0 Å². The molecule has 2 fully saturated rings. The summed E-state index contributed by atoms with van der Waals surface area (Å²) in [5, 5.41) is 24.8. The number of likely N-dealkylation sites (tertiary alicyclic amines) is 1. The van der Waals surface area contributed by atoms with Crippen LogP contribution in [-0.4, -0.2) is 96.6 Å². The van der Waals surface area contributed by atoms with Crippen LogP contribution in [0.2, 0.25) is 0 Å². The van der Waals surface area contributed by atoms with Crippen LogP contribution in [0.3, 0.4) is 0 Å². The maximum atomic E-state index is 13.2. The van der Waals surface area contributed by atoms with Crippen molar-refractivity contribution in [2.45, 2.75) is 63.8 Å². The zero-order valence-electron chi connectivity index (χ0n) is 20.6. The molecule has 0 aliphatic carbocycles. The fourth-order valence-corrected chi connectivity index (χ4v) is 5.00. The van der Waals surface area contributed by atoms with Gasteiger partial charge >= 0.3 is 5.97 Å². The molecule has 2 aromatic rings. The van der Waals surface area contributed by atoms with E-state index in [4.69, 9.17) is 4.74 Å². The van der Waals surface area contributed by atoms with Gasteiger partial charge in [0.05, 0.1) is 17.2 Å². The molecule has 2 aliphatic heterocycles. The number of hydrogen-bond acceptors (Lipinski definition) is 9. The molecule has 2 atom stereocenters. The van der Waals surface area contributed by atoms with Gasteiger partial charge in [-0.2, -0.15) is 5.10 Å². The fourth-order valence-electron chi connectivity index (χ4n) is 5.00. The van der Waals surface area contributed by atoms with Gasteiger partial charge in [-0.25, -0.2) is 9.67 Å². The van der Waals surface area contributed by atoms with Gasteiger partial charge in [-0.3, -0.25) is 19.5 Å². The maximum Gasteiger partial charge on any atom is 0.312 e. The van der Waals surface area contributed by atoms with E-state index in [0.29, 0.717) is 32.4 Å². The summed E-state index contributed by atoms with van der Waals surface area (Å²) in [5.41, 5.74) is 0.369. The summed E-state index contributed by atoms with van der Waals surface area (Å²) in [6.45, 7) is 2.85. The molecular formula is C25H36N6O5. The first kappa shape index (κ1) is 26.2. The number of aliphatic hydroxyl groups excluding tert-OH is 2. The van der Waals surface area contributed by atoms with Gasteiger partial charge in [-0.05, 0) is 57.3 Å². The van der Waals surface area contributed by atoms with Crippen molar-refractivity contribution in [2.24, 2.45) is 5.41 Å². The summed E-state index contributed by atoms with van der Waals surface area (Å²) in [5.74, 6) is -0.425. The lowest BCUT2D eigenvalue weighted by molar-refractivity contribution is -0.165. The number of hydrogen-bond donors (Lipinski definition) is 2. The first-order valence-electron chi connectivity index (χ1n) is 12.7. The van der Waals surface area contributed by atoms with E-state index in [1.165, 1.54) is 17.3 Å². The van der Waals surface area contributed by atoms with Gasteiger partial charge in [0.25, 0.3) is 0 Å². The number of carbonyl (C=O) groups excluding carboxylic acids is 2. The van der Waals surface area contributed by atoms with Crippen LogP contribution in [0.1, 0.15) is 44.2 Å². The van der Waals surface area contributed by atoms with Crippen LogP contribution in [0, 0.1) is 5.41 Å². The molecule has 2 N–H and O–H groups in total. The Bertz CT molecular complexity index is 965. The van der Waals surface area contributed by atoms with Crippen LogP contribution in [0.25, 0.3) is 0 Å². The molecule has 4 rings (SSSR count). The average molecular weight is 501 g/mol. The Balaban J connectivity index is 1.40. The first-order valence-corrected chi connectivity index (χ1v) is 12.7. The lowest BCUT2D eigenvalue weighted by Crippen LogP contribution is -2.46. The Hall–Kier alpha value is -2.89. The van der Waals surface area contributed by atoms with Crippen LogP contribution in [0.15, 0.2) is 37.1 Å². The fraction of sp³-hybridized carbons (Fsp3) is 0.640. The molecule has 0 aromatic carbocycles. The third kappa shape index (κ3) is 6.86. The van der Waals surface area contributed by atoms with Gasteiger partial charge < -0.3 is 19.8 Å². The van der Waals surface area contributed by atoms with E-state index in [2.05, 4.69) is 20.0 Å². The molecule has 0 saturated carbocycles. The van der Waals surface area contributed by atoms with E-state index in [1.54, 1.807) is 11.1 Å². The molecule has 1 amide bonds. The SMILES string of the molecule is O=C(Cn1cncn1)N1CCCCC2(CCN(Cc3ccccn3)CC2)C(=O)OC[C@@H](O)[C@@H](O)CC1.